The first kappa shape index (κ1) is 17.0. The number of carbonyl (C=O) groups excluding carboxylic acids is 2. The van der Waals surface area contributed by atoms with Gasteiger partial charge in [-0.3, -0.25) is 9.59 Å². The number of amides is 1. The van der Waals surface area contributed by atoms with E-state index in [0.29, 0.717) is 30.3 Å². The van der Waals surface area contributed by atoms with E-state index in [4.69, 9.17) is 9.47 Å². The Hall–Kier alpha value is -2.82. The maximum atomic E-state index is 12.3. The third-order valence-corrected chi connectivity index (χ3v) is 3.95. The van der Waals surface area contributed by atoms with Crippen molar-refractivity contribution in [3.63, 3.8) is 0 Å². The Kier molecular flexibility index (Phi) is 5.03. The van der Waals surface area contributed by atoms with Crippen LogP contribution in [-0.2, 0) is 4.79 Å². The average molecular weight is 339 g/mol. The van der Waals surface area contributed by atoms with Gasteiger partial charge in [-0.25, -0.2) is 0 Å². The van der Waals surface area contributed by atoms with Crippen molar-refractivity contribution < 1.29 is 19.1 Å². The van der Waals surface area contributed by atoms with Gasteiger partial charge in [0.15, 0.2) is 17.3 Å². The predicted molar refractivity (Wildman–Crippen MR) is 95.5 cm³/mol. The van der Waals surface area contributed by atoms with Crippen LogP contribution in [0.3, 0.4) is 0 Å². The van der Waals surface area contributed by atoms with Crippen molar-refractivity contribution in [2.24, 2.45) is 0 Å². The third-order valence-electron chi connectivity index (χ3n) is 3.95. The van der Waals surface area contributed by atoms with Crippen LogP contribution in [0.1, 0.15) is 34.3 Å². The number of benzene rings is 2. The maximum absolute atomic E-state index is 12.3. The number of ether oxygens (including phenoxy) is 2. The Labute approximate surface area is 147 Å². The average Bonchev–Trinajstić information content (AvgIpc) is 2.58. The van der Waals surface area contributed by atoms with E-state index in [1.165, 1.54) is 0 Å². The predicted octanol–water partition coefficient (Wildman–Crippen LogP) is 3.68. The zero-order valence-corrected chi connectivity index (χ0v) is 14.4. The van der Waals surface area contributed by atoms with Gasteiger partial charge in [-0.2, -0.15) is 0 Å². The molecule has 130 valence electrons. The highest BCUT2D eigenvalue weighted by Crippen LogP contribution is 2.31. The fourth-order valence-corrected chi connectivity index (χ4v) is 2.86. The molecular weight excluding hydrogens is 318 g/mol. The zero-order valence-electron chi connectivity index (χ0n) is 14.4. The molecule has 0 atom stereocenters. The summed E-state index contributed by atoms with van der Waals surface area (Å²) >= 11 is 0. The largest absolute Gasteiger partial charge is 0.486 e. The highest BCUT2D eigenvalue weighted by Gasteiger charge is 2.16. The normalized spacial score (nSPS) is 12.6. The lowest BCUT2D eigenvalue weighted by molar-refractivity contribution is -0.116. The van der Waals surface area contributed by atoms with E-state index in [2.05, 4.69) is 5.32 Å². The van der Waals surface area contributed by atoms with E-state index in [9.17, 15) is 9.59 Å². The Morgan fingerprint density at radius 2 is 1.60 bits per heavy atom. The summed E-state index contributed by atoms with van der Waals surface area (Å²) in [6.45, 7) is 4.95. The number of ketones is 1. The first-order valence-corrected chi connectivity index (χ1v) is 8.32. The monoisotopic (exact) mass is 339 g/mol. The minimum Gasteiger partial charge on any atom is -0.486 e. The van der Waals surface area contributed by atoms with Crippen molar-refractivity contribution in [1.82, 2.24) is 0 Å². The number of nitrogens with one attached hydrogen (secondary N) is 1. The molecule has 2 aromatic rings. The second-order valence-corrected chi connectivity index (χ2v) is 6.21. The molecule has 1 heterocycles. The van der Waals surface area contributed by atoms with Crippen LogP contribution in [0.5, 0.6) is 11.5 Å². The van der Waals surface area contributed by atoms with Gasteiger partial charge in [-0.1, -0.05) is 6.07 Å². The molecule has 1 N–H and O–H groups in total. The first-order chi connectivity index (χ1) is 12.0. The fourth-order valence-electron chi connectivity index (χ4n) is 2.86. The number of aryl methyl sites for hydroxylation is 2. The number of Topliss-reactive ketones (excluding diaryl/α,β-unsaturated/α-hetero) is 1. The van der Waals surface area contributed by atoms with E-state index in [0.717, 1.165) is 16.8 Å². The molecule has 3 rings (SSSR count). The standard InChI is InChI=1S/C20H21NO4/c1-13-9-14(2)11-16(10-13)21-20(23)6-4-17(22)15-3-5-18-19(12-15)25-8-7-24-18/h3,5,9-12H,4,6-8H2,1-2H3,(H,21,23). The Balaban J connectivity index is 1.57. The van der Waals surface area contributed by atoms with Gasteiger partial charge in [0.2, 0.25) is 5.91 Å². The smallest absolute Gasteiger partial charge is 0.224 e. The van der Waals surface area contributed by atoms with E-state index in [-0.39, 0.29) is 24.5 Å². The molecule has 5 nitrogen and oxygen atoms in total. The van der Waals surface area contributed by atoms with Crippen LogP contribution >= 0.6 is 0 Å². The van der Waals surface area contributed by atoms with Gasteiger partial charge in [-0.05, 0) is 55.3 Å². The van der Waals surface area contributed by atoms with Crippen LogP contribution in [-0.4, -0.2) is 24.9 Å². The lowest BCUT2D eigenvalue weighted by Gasteiger charge is -2.18. The fraction of sp³-hybridized carbons (Fsp3) is 0.300. The molecule has 1 amide bonds. The minimum atomic E-state index is -0.170. The van der Waals surface area contributed by atoms with Gasteiger partial charge in [-0.15, -0.1) is 0 Å². The van der Waals surface area contributed by atoms with Gasteiger partial charge in [0.25, 0.3) is 0 Å². The van der Waals surface area contributed by atoms with Gasteiger partial charge < -0.3 is 14.8 Å². The molecule has 5 heteroatoms. The van der Waals surface area contributed by atoms with Gasteiger partial charge in [0, 0.05) is 24.1 Å². The van der Waals surface area contributed by atoms with E-state index in [1.807, 2.05) is 32.0 Å². The zero-order chi connectivity index (χ0) is 17.8. The lowest BCUT2D eigenvalue weighted by Crippen LogP contribution is -2.16. The second-order valence-electron chi connectivity index (χ2n) is 6.21. The van der Waals surface area contributed by atoms with Crippen LogP contribution in [0.15, 0.2) is 36.4 Å². The van der Waals surface area contributed by atoms with Crippen LogP contribution in [0.25, 0.3) is 0 Å². The van der Waals surface area contributed by atoms with Gasteiger partial charge in [0.1, 0.15) is 13.2 Å². The Morgan fingerprint density at radius 1 is 0.920 bits per heavy atom. The summed E-state index contributed by atoms with van der Waals surface area (Å²) in [5, 5.41) is 2.84. The number of anilines is 1. The SMILES string of the molecule is Cc1cc(C)cc(NC(=O)CCC(=O)c2ccc3c(c2)OCCO3)c1. The summed E-state index contributed by atoms with van der Waals surface area (Å²) in [4.78, 5) is 24.4. The minimum absolute atomic E-state index is 0.0902. The summed E-state index contributed by atoms with van der Waals surface area (Å²) in [5.41, 5.74) is 3.46. The molecule has 1 aliphatic rings. The van der Waals surface area contributed by atoms with Crippen molar-refractivity contribution in [2.75, 3.05) is 18.5 Å². The molecule has 0 fully saturated rings. The molecule has 25 heavy (non-hydrogen) atoms. The quantitative estimate of drug-likeness (QED) is 0.844. The summed E-state index contributed by atoms with van der Waals surface area (Å²) < 4.78 is 10.9. The van der Waals surface area contributed by atoms with Crippen molar-refractivity contribution >= 4 is 17.4 Å². The summed E-state index contributed by atoms with van der Waals surface area (Å²) in [7, 11) is 0. The molecule has 1 aliphatic heterocycles. The Bertz CT molecular complexity index is 793. The van der Waals surface area contributed by atoms with Crippen molar-refractivity contribution in [3.05, 3.63) is 53.1 Å². The van der Waals surface area contributed by atoms with Crippen molar-refractivity contribution in [3.8, 4) is 11.5 Å². The van der Waals surface area contributed by atoms with Crippen LogP contribution < -0.4 is 14.8 Å². The number of rotatable bonds is 5. The molecule has 0 radical (unpaired) electrons. The number of carbonyl (C=O) groups is 2. The molecule has 0 aromatic heterocycles. The molecule has 0 saturated carbocycles. The number of hydrogen-bond acceptors (Lipinski definition) is 4. The highest BCUT2D eigenvalue weighted by atomic mass is 16.6. The van der Waals surface area contributed by atoms with E-state index >= 15 is 0 Å². The van der Waals surface area contributed by atoms with Crippen molar-refractivity contribution in [2.45, 2.75) is 26.7 Å². The van der Waals surface area contributed by atoms with E-state index < -0.39 is 0 Å². The molecule has 0 bridgehead atoms. The first-order valence-electron chi connectivity index (χ1n) is 8.32. The highest BCUT2D eigenvalue weighted by molar-refractivity contribution is 6.00. The molecular formula is C20H21NO4. The molecule has 0 spiro atoms. The molecule has 0 saturated heterocycles. The summed E-state index contributed by atoms with van der Waals surface area (Å²) in [6.07, 6.45) is 0.288. The topological polar surface area (TPSA) is 64.6 Å². The van der Waals surface area contributed by atoms with Crippen LogP contribution in [0.2, 0.25) is 0 Å². The second kappa shape index (κ2) is 7.38. The number of fused-ring (bicyclic) bond motifs is 1. The summed E-state index contributed by atoms with van der Waals surface area (Å²) in [5.74, 6) is 0.968. The van der Waals surface area contributed by atoms with Crippen LogP contribution in [0.4, 0.5) is 5.69 Å². The van der Waals surface area contributed by atoms with Crippen molar-refractivity contribution in [1.29, 1.82) is 0 Å². The van der Waals surface area contributed by atoms with E-state index in [1.54, 1.807) is 18.2 Å². The maximum Gasteiger partial charge on any atom is 0.224 e. The van der Waals surface area contributed by atoms with Crippen LogP contribution in [0, 0.1) is 13.8 Å². The lowest BCUT2D eigenvalue weighted by atomic mass is 10.1. The Morgan fingerprint density at radius 3 is 2.32 bits per heavy atom. The van der Waals surface area contributed by atoms with Gasteiger partial charge >= 0.3 is 0 Å². The molecule has 0 unspecified atom stereocenters. The third kappa shape index (κ3) is 4.38. The molecule has 0 aliphatic carbocycles. The molecule has 2 aromatic carbocycles. The summed E-state index contributed by atoms with van der Waals surface area (Å²) in [6, 6.07) is 11.0. The van der Waals surface area contributed by atoms with Gasteiger partial charge in [0.05, 0.1) is 0 Å². The number of hydrogen-bond donors (Lipinski definition) is 1.